The van der Waals surface area contributed by atoms with Gasteiger partial charge in [-0.25, -0.2) is 22.0 Å². The monoisotopic (exact) mass is 506 g/mol. The van der Waals surface area contributed by atoms with E-state index >= 15 is 13.2 Å². The Balaban J connectivity index is 1.49. The summed E-state index contributed by atoms with van der Waals surface area (Å²) in [6.45, 7) is 4.02. The van der Waals surface area contributed by atoms with Gasteiger partial charge in [-0.3, -0.25) is 0 Å². The summed E-state index contributed by atoms with van der Waals surface area (Å²) >= 11 is 0. The predicted octanol–water partition coefficient (Wildman–Crippen LogP) is 10.0. The maximum absolute atomic E-state index is 15.2. The highest BCUT2D eigenvalue weighted by atomic mass is 19.2. The van der Waals surface area contributed by atoms with Gasteiger partial charge in [0, 0.05) is 27.8 Å². The van der Waals surface area contributed by atoms with Crippen LogP contribution in [0.4, 0.5) is 22.0 Å². The molecule has 0 fully saturated rings. The van der Waals surface area contributed by atoms with Gasteiger partial charge in [-0.2, -0.15) is 0 Å². The molecule has 1 aliphatic rings. The first kappa shape index (κ1) is 25.2. The van der Waals surface area contributed by atoms with Gasteiger partial charge in [-0.15, -0.1) is 0 Å². The zero-order valence-corrected chi connectivity index (χ0v) is 20.8. The fourth-order valence-corrected chi connectivity index (χ4v) is 5.20. The van der Waals surface area contributed by atoms with Crippen LogP contribution in [-0.2, 0) is 12.8 Å². The smallest absolute Gasteiger partial charge is 0.168 e. The van der Waals surface area contributed by atoms with Gasteiger partial charge < -0.3 is 0 Å². The van der Waals surface area contributed by atoms with E-state index in [1.54, 1.807) is 18.2 Å². The molecular weight excluding hydrogens is 479 g/mol. The van der Waals surface area contributed by atoms with Crippen molar-refractivity contribution in [3.8, 4) is 44.5 Å². The first-order valence-corrected chi connectivity index (χ1v) is 12.8. The maximum Gasteiger partial charge on any atom is 0.168 e. The van der Waals surface area contributed by atoms with Gasteiger partial charge in [0.1, 0.15) is 17.5 Å². The summed E-state index contributed by atoms with van der Waals surface area (Å²) in [5, 5.41) is 0. The van der Waals surface area contributed by atoms with E-state index < -0.39 is 29.1 Å². The molecule has 0 N–H and O–H groups in total. The fraction of sp³-hybridized carbons (Fsp3) is 0.250. The Morgan fingerprint density at radius 2 is 1.22 bits per heavy atom. The molecule has 0 atom stereocenters. The topological polar surface area (TPSA) is 0 Å². The summed E-state index contributed by atoms with van der Waals surface area (Å²) in [4.78, 5) is 0. The molecule has 0 aliphatic heterocycles. The summed E-state index contributed by atoms with van der Waals surface area (Å²) in [6.07, 6.45) is 5.10. The average molecular weight is 507 g/mol. The lowest BCUT2D eigenvalue weighted by Gasteiger charge is -2.27. The highest BCUT2D eigenvalue weighted by molar-refractivity contribution is 6.04. The normalized spacial score (nSPS) is 11.8. The van der Waals surface area contributed by atoms with E-state index in [0.29, 0.717) is 28.7 Å². The van der Waals surface area contributed by atoms with E-state index in [1.807, 2.05) is 13.0 Å². The van der Waals surface area contributed by atoms with E-state index in [0.717, 1.165) is 43.7 Å². The molecule has 5 rings (SSSR count). The summed E-state index contributed by atoms with van der Waals surface area (Å²) in [6, 6.07) is 13.6. The molecule has 5 heteroatoms. The molecule has 0 unspecified atom stereocenters. The summed E-state index contributed by atoms with van der Waals surface area (Å²) in [7, 11) is 0. The Morgan fingerprint density at radius 3 is 1.92 bits per heavy atom. The van der Waals surface area contributed by atoms with Crippen molar-refractivity contribution in [2.45, 2.75) is 52.4 Å². The van der Waals surface area contributed by atoms with Crippen LogP contribution in [0.3, 0.4) is 0 Å². The van der Waals surface area contributed by atoms with Crippen LogP contribution in [0.5, 0.6) is 0 Å². The standard InChI is InChI=1S/C32H27F5/c1-3-5-6-8-18-9-12-21(26(33)15-18)20-11-13-22(27(34)16-20)25-17-24-23-14-10-19(7-4-2)30(35)28(23)29(24)32(37)31(25)36/h9-17H,3-8H2,1-2H3. The highest BCUT2D eigenvalue weighted by Gasteiger charge is 2.34. The van der Waals surface area contributed by atoms with Crippen molar-refractivity contribution in [1.82, 2.24) is 0 Å². The molecule has 0 saturated carbocycles. The van der Waals surface area contributed by atoms with Gasteiger partial charge in [0.2, 0.25) is 0 Å². The molecule has 0 heterocycles. The summed E-state index contributed by atoms with van der Waals surface area (Å²) in [5.41, 5.74) is 2.28. The average Bonchev–Trinajstić information content (AvgIpc) is 2.86. The van der Waals surface area contributed by atoms with Crippen LogP contribution in [0.1, 0.15) is 50.7 Å². The van der Waals surface area contributed by atoms with Crippen molar-refractivity contribution >= 4 is 0 Å². The Hall–Kier alpha value is -3.47. The van der Waals surface area contributed by atoms with Crippen LogP contribution in [0.15, 0.2) is 54.6 Å². The van der Waals surface area contributed by atoms with Crippen LogP contribution in [0.2, 0.25) is 0 Å². The lowest BCUT2D eigenvalue weighted by molar-refractivity contribution is 0.511. The predicted molar refractivity (Wildman–Crippen MR) is 139 cm³/mol. The Labute approximate surface area is 213 Å². The van der Waals surface area contributed by atoms with E-state index in [-0.39, 0.29) is 27.8 Å². The lowest BCUT2D eigenvalue weighted by Crippen LogP contribution is -2.10. The third-order valence-corrected chi connectivity index (χ3v) is 7.16. The van der Waals surface area contributed by atoms with Gasteiger partial charge in [-0.1, -0.05) is 69.5 Å². The quantitative estimate of drug-likeness (QED) is 0.145. The zero-order valence-electron chi connectivity index (χ0n) is 20.8. The number of hydrogen-bond acceptors (Lipinski definition) is 0. The minimum absolute atomic E-state index is 0.0772. The van der Waals surface area contributed by atoms with E-state index in [4.69, 9.17) is 0 Å². The number of fused-ring (bicyclic) bond motifs is 4. The molecule has 0 radical (unpaired) electrons. The number of unbranched alkanes of at least 4 members (excludes halogenated alkanes) is 2. The number of hydrogen-bond donors (Lipinski definition) is 0. The van der Waals surface area contributed by atoms with Crippen LogP contribution >= 0.6 is 0 Å². The molecular formula is C32H27F5. The van der Waals surface area contributed by atoms with Crippen LogP contribution in [-0.4, -0.2) is 0 Å². The van der Waals surface area contributed by atoms with Crippen molar-refractivity contribution in [3.05, 3.63) is 94.8 Å². The van der Waals surface area contributed by atoms with Crippen molar-refractivity contribution in [3.63, 3.8) is 0 Å². The first-order chi connectivity index (χ1) is 17.8. The third kappa shape index (κ3) is 4.35. The maximum atomic E-state index is 15.2. The van der Waals surface area contributed by atoms with Crippen LogP contribution in [0, 0.1) is 29.1 Å². The second-order valence-electron chi connectivity index (χ2n) is 9.65. The number of aryl methyl sites for hydroxylation is 2. The van der Waals surface area contributed by atoms with Crippen molar-refractivity contribution in [2.24, 2.45) is 0 Å². The van der Waals surface area contributed by atoms with Gasteiger partial charge in [0.05, 0.1) is 0 Å². The van der Waals surface area contributed by atoms with Gasteiger partial charge >= 0.3 is 0 Å². The molecule has 0 bridgehead atoms. The second-order valence-corrected chi connectivity index (χ2v) is 9.65. The second kappa shape index (κ2) is 10.1. The molecule has 0 saturated heterocycles. The van der Waals surface area contributed by atoms with Gasteiger partial charge in [0.15, 0.2) is 11.6 Å². The molecule has 1 aliphatic carbocycles. The van der Waals surface area contributed by atoms with Crippen molar-refractivity contribution in [2.75, 3.05) is 0 Å². The van der Waals surface area contributed by atoms with Crippen LogP contribution < -0.4 is 0 Å². The minimum atomic E-state index is -1.24. The molecule has 37 heavy (non-hydrogen) atoms. The number of halogens is 5. The molecule has 0 amide bonds. The fourth-order valence-electron chi connectivity index (χ4n) is 5.20. The van der Waals surface area contributed by atoms with E-state index in [9.17, 15) is 8.78 Å². The van der Waals surface area contributed by atoms with Crippen molar-refractivity contribution < 1.29 is 22.0 Å². The molecule has 4 aromatic rings. The Bertz CT molecular complexity index is 1500. The summed E-state index contributed by atoms with van der Waals surface area (Å²) < 4.78 is 75.3. The van der Waals surface area contributed by atoms with E-state index in [1.165, 1.54) is 24.3 Å². The molecule has 190 valence electrons. The van der Waals surface area contributed by atoms with Crippen molar-refractivity contribution in [1.29, 1.82) is 0 Å². The molecule has 0 aromatic heterocycles. The number of benzene rings is 4. The van der Waals surface area contributed by atoms with Crippen LogP contribution in [0.25, 0.3) is 44.5 Å². The number of rotatable bonds is 8. The molecule has 0 spiro atoms. The SMILES string of the molecule is CCCCCc1ccc(-c2ccc(-c3cc4c(c(F)c3F)-c3c-4ccc(CCC)c3F)c(F)c2)c(F)c1. The first-order valence-electron chi connectivity index (χ1n) is 12.8. The lowest BCUT2D eigenvalue weighted by atomic mass is 9.77. The summed E-state index contributed by atoms with van der Waals surface area (Å²) in [5.74, 6) is -4.22. The Morgan fingerprint density at radius 1 is 0.514 bits per heavy atom. The third-order valence-electron chi connectivity index (χ3n) is 7.16. The molecule has 0 nitrogen and oxygen atoms in total. The van der Waals surface area contributed by atoms with Gasteiger partial charge in [0.25, 0.3) is 0 Å². The zero-order chi connectivity index (χ0) is 26.3. The minimum Gasteiger partial charge on any atom is -0.206 e. The van der Waals surface area contributed by atoms with Gasteiger partial charge in [-0.05, 0) is 65.3 Å². The largest absolute Gasteiger partial charge is 0.206 e. The van der Waals surface area contributed by atoms with E-state index in [2.05, 4.69) is 6.92 Å². The molecule has 4 aromatic carbocycles. The highest BCUT2D eigenvalue weighted by Crippen LogP contribution is 2.53. The Kier molecular flexibility index (Phi) is 6.89.